The Kier molecular flexibility index (Phi) is 4.19. The van der Waals surface area contributed by atoms with Crippen molar-refractivity contribution >= 4 is 5.69 Å². The molecule has 0 aliphatic rings. The van der Waals surface area contributed by atoms with E-state index in [2.05, 4.69) is 38.8 Å². The second kappa shape index (κ2) is 5.21. The molecule has 3 nitrogen and oxygen atoms in total. The van der Waals surface area contributed by atoms with E-state index in [4.69, 9.17) is 10.5 Å². The number of nitrogens with zero attached hydrogens (tertiary/aromatic N) is 1. The number of methoxy groups -OCH3 is 1. The largest absolute Gasteiger partial charge is 0.496 e. The lowest BCUT2D eigenvalue weighted by Crippen LogP contribution is -2.26. The molecule has 0 aromatic heterocycles. The van der Waals surface area contributed by atoms with E-state index in [1.807, 2.05) is 0 Å². The van der Waals surface area contributed by atoms with Crippen LogP contribution in [-0.2, 0) is 0 Å². The number of hydrogen-bond acceptors (Lipinski definition) is 3. The van der Waals surface area contributed by atoms with Crippen LogP contribution >= 0.6 is 0 Å². The van der Waals surface area contributed by atoms with E-state index >= 15 is 0 Å². The molecule has 0 fully saturated rings. The molecule has 16 heavy (non-hydrogen) atoms. The van der Waals surface area contributed by atoms with Crippen LogP contribution in [0, 0.1) is 20.8 Å². The Morgan fingerprint density at radius 2 is 1.88 bits per heavy atom. The van der Waals surface area contributed by atoms with E-state index in [1.165, 1.54) is 22.4 Å². The maximum absolute atomic E-state index is 5.58. The average molecular weight is 222 g/mol. The van der Waals surface area contributed by atoms with Crippen molar-refractivity contribution in [3.8, 4) is 5.75 Å². The zero-order valence-corrected chi connectivity index (χ0v) is 10.9. The van der Waals surface area contributed by atoms with Gasteiger partial charge in [-0.25, -0.2) is 0 Å². The minimum Gasteiger partial charge on any atom is -0.496 e. The Hall–Kier alpha value is -1.22. The number of benzene rings is 1. The smallest absolute Gasteiger partial charge is 0.125 e. The molecule has 0 aliphatic carbocycles. The van der Waals surface area contributed by atoms with Crippen molar-refractivity contribution in [3.63, 3.8) is 0 Å². The van der Waals surface area contributed by atoms with E-state index in [0.717, 1.165) is 12.3 Å². The molecule has 1 aromatic carbocycles. The molecular formula is C13H22N2O. The normalized spacial score (nSPS) is 10.4. The summed E-state index contributed by atoms with van der Waals surface area (Å²) < 4.78 is 5.41. The van der Waals surface area contributed by atoms with E-state index in [9.17, 15) is 0 Å². The highest BCUT2D eigenvalue weighted by Crippen LogP contribution is 2.32. The summed E-state index contributed by atoms with van der Waals surface area (Å²) in [6, 6.07) is 2.16. The van der Waals surface area contributed by atoms with E-state index in [0.29, 0.717) is 6.54 Å². The standard InChI is InChI=1S/C13H22N2O/c1-9-8-12(15(4)7-6-14)10(2)11(3)13(9)16-5/h8H,6-7,14H2,1-5H3. The van der Waals surface area contributed by atoms with Crippen LogP contribution in [0.1, 0.15) is 16.7 Å². The van der Waals surface area contributed by atoms with Gasteiger partial charge in [-0.15, -0.1) is 0 Å². The average Bonchev–Trinajstić information content (AvgIpc) is 2.24. The van der Waals surface area contributed by atoms with Crippen LogP contribution in [-0.4, -0.2) is 27.2 Å². The van der Waals surface area contributed by atoms with Crippen molar-refractivity contribution in [1.29, 1.82) is 0 Å². The third-order valence-corrected chi connectivity index (χ3v) is 3.08. The summed E-state index contributed by atoms with van der Waals surface area (Å²) in [5.41, 5.74) is 10.5. The number of likely N-dealkylation sites (N-methyl/N-ethyl adjacent to an activating group) is 1. The lowest BCUT2D eigenvalue weighted by atomic mass is 10.0. The molecule has 0 unspecified atom stereocenters. The summed E-state index contributed by atoms with van der Waals surface area (Å²) in [5.74, 6) is 0.988. The molecule has 0 amide bonds. The molecule has 0 bridgehead atoms. The van der Waals surface area contributed by atoms with Gasteiger partial charge >= 0.3 is 0 Å². The van der Waals surface area contributed by atoms with Crippen molar-refractivity contribution in [3.05, 3.63) is 22.8 Å². The van der Waals surface area contributed by atoms with Crippen LogP contribution in [0.15, 0.2) is 6.07 Å². The molecule has 0 saturated heterocycles. The predicted octanol–water partition coefficient (Wildman–Crippen LogP) is 2.02. The first-order chi connectivity index (χ1) is 7.52. The highest BCUT2D eigenvalue weighted by molar-refractivity contribution is 5.62. The predicted molar refractivity (Wildman–Crippen MR) is 69.5 cm³/mol. The van der Waals surface area contributed by atoms with Gasteiger partial charge in [0.05, 0.1) is 7.11 Å². The maximum Gasteiger partial charge on any atom is 0.125 e. The molecular weight excluding hydrogens is 200 g/mol. The van der Waals surface area contributed by atoms with Gasteiger partial charge in [-0.3, -0.25) is 0 Å². The molecule has 1 aromatic rings. The van der Waals surface area contributed by atoms with Gasteiger partial charge in [0, 0.05) is 25.8 Å². The first-order valence-corrected chi connectivity index (χ1v) is 5.59. The van der Waals surface area contributed by atoms with Crippen molar-refractivity contribution in [2.75, 3.05) is 32.1 Å². The summed E-state index contributed by atoms with van der Waals surface area (Å²) in [4.78, 5) is 2.19. The van der Waals surface area contributed by atoms with Gasteiger partial charge in [-0.1, -0.05) is 0 Å². The fourth-order valence-corrected chi connectivity index (χ4v) is 2.06. The first-order valence-electron chi connectivity index (χ1n) is 5.59. The second-order valence-corrected chi connectivity index (χ2v) is 4.21. The fourth-order valence-electron chi connectivity index (χ4n) is 2.06. The maximum atomic E-state index is 5.58. The van der Waals surface area contributed by atoms with Crippen LogP contribution in [0.4, 0.5) is 5.69 Å². The minimum absolute atomic E-state index is 0.667. The van der Waals surface area contributed by atoms with Gasteiger partial charge in [0.15, 0.2) is 0 Å². The van der Waals surface area contributed by atoms with Gasteiger partial charge in [-0.2, -0.15) is 0 Å². The van der Waals surface area contributed by atoms with E-state index in [1.54, 1.807) is 7.11 Å². The number of rotatable bonds is 4. The number of hydrogen-bond donors (Lipinski definition) is 1. The number of ether oxygens (including phenoxy) is 1. The first kappa shape index (κ1) is 12.8. The van der Waals surface area contributed by atoms with Gasteiger partial charge in [-0.05, 0) is 43.5 Å². The van der Waals surface area contributed by atoms with Gasteiger partial charge in [0.1, 0.15) is 5.75 Å². The van der Waals surface area contributed by atoms with Crippen LogP contribution < -0.4 is 15.4 Å². The quantitative estimate of drug-likeness (QED) is 0.847. The highest BCUT2D eigenvalue weighted by atomic mass is 16.5. The zero-order valence-electron chi connectivity index (χ0n) is 10.9. The Morgan fingerprint density at radius 3 is 2.38 bits per heavy atom. The second-order valence-electron chi connectivity index (χ2n) is 4.21. The van der Waals surface area contributed by atoms with Crippen molar-refractivity contribution in [1.82, 2.24) is 0 Å². The Morgan fingerprint density at radius 1 is 1.25 bits per heavy atom. The van der Waals surface area contributed by atoms with Crippen LogP contribution in [0.25, 0.3) is 0 Å². The third-order valence-electron chi connectivity index (χ3n) is 3.08. The zero-order chi connectivity index (χ0) is 12.3. The Bertz CT molecular complexity index is 375. The summed E-state index contributed by atoms with van der Waals surface area (Å²) in [7, 11) is 3.79. The lowest BCUT2D eigenvalue weighted by molar-refractivity contribution is 0.408. The van der Waals surface area contributed by atoms with E-state index < -0.39 is 0 Å². The summed E-state index contributed by atoms with van der Waals surface area (Å²) in [5, 5.41) is 0. The monoisotopic (exact) mass is 222 g/mol. The van der Waals surface area contributed by atoms with Crippen molar-refractivity contribution < 1.29 is 4.74 Å². The van der Waals surface area contributed by atoms with Crippen molar-refractivity contribution in [2.45, 2.75) is 20.8 Å². The minimum atomic E-state index is 0.667. The third kappa shape index (κ3) is 2.30. The van der Waals surface area contributed by atoms with Crippen LogP contribution in [0.3, 0.4) is 0 Å². The molecule has 2 N–H and O–H groups in total. The molecule has 0 saturated carbocycles. The van der Waals surface area contributed by atoms with Crippen LogP contribution in [0.2, 0.25) is 0 Å². The van der Waals surface area contributed by atoms with Gasteiger partial charge < -0.3 is 15.4 Å². The molecule has 3 heteroatoms. The SMILES string of the molecule is COc1c(C)cc(N(C)CCN)c(C)c1C. The summed E-state index contributed by atoms with van der Waals surface area (Å²) in [6.07, 6.45) is 0. The Labute approximate surface area is 98.2 Å². The molecule has 0 spiro atoms. The summed E-state index contributed by atoms with van der Waals surface area (Å²) in [6.45, 7) is 7.83. The molecule has 0 radical (unpaired) electrons. The fraction of sp³-hybridized carbons (Fsp3) is 0.538. The summed E-state index contributed by atoms with van der Waals surface area (Å²) >= 11 is 0. The van der Waals surface area contributed by atoms with Crippen molar-refractivity contribution in [2.24, 2.45) is 5.73 Å². The number of aryl methyl sites for hydroxylation is 1. The molecule has 0 aliphatic heterocycles. The number of anilines is 1. The Balaban J connectivity index is 3.22. The lowest BCUT2D eigenvalue weighted by Gasteiger charge is -2.24. The van der Waals surface area contributed by atoms with Gasteiger partial charge in [0.25, 0.3) is 0 Å². The molecule has 0 atom stereocenters. The van der Waals surface area contributed by atoms with Gasteiger partial charge in [0.2, 0.25) is 0 Å². The van der Waals surface area contributed by atoms with E-state index in [-0.39, 0.29) is 0 Å². The molecule has 1 rings (SSSR count). The molecule has 90 valence electrons. The van der Waals surface area contributed by atoms with Crippen LogP contribution in [0.5, 0.6) is 5.75 Å². The topological polar surface area (TPSA) is 38.5 Å². The highest BCUT2D eigenvalue weighted by Gasteiger charge is 2.12. The number of nitrogens with two attached hydrogens (primary N) is 1. The molecule has 0 heterocycles.